The van der Waals surface area contributed by atoms with Crippen LogP contribution >= 0.6 is 0 Å². The van der Waals surface area contributed by atoms with Gasteiger partial charge in [-0.25, -0.2) is 0 Å². The van der Waals surface area contributed by atoms with Crippen LogP contribution < -0.4 is 5.32 Å². The van der Waals surface area contributed by atoms with Crippen molar-refractivity contribution in [3.05, 3.63) is 0 Å². The lowest BCUT2D eigenvalue weighted by Gasteiger charge is -2.45. The molecule has 0 amide bonds. The predicted molar refractivity (Wildman–Crippen MR) is 69.8 cm³/mol. The van der Waals surface area contributed by atoms with Crippen LogP contribution in [-0.2, 0) is 9.53 Å². The number of hydrogen-bond acceptors (Lipinski definition) is 3. The van der Waals surface area contributed by atoms with Crippen molar-refractivity contribution < 1.29 is 9.53 Å². The lowest BCUT2D eigenvalue weighted by molar-refractivity contribution is -0.143. The largest absolute Gasteiger partial charge is 0.468 e. The van der Waals surface area contributed by atoms with Crippen molar-refractivity contribution in [2.75, 3.05) is 7.11 Å². The van der Waals surface area contributed by atoms with E-state index in [0.717, 1.165) is 12.8 Å². The van der Waals surface area contributed by atoms with Gasteiger partial charge in [-0.1, -0.05) is 27.7 Å². The third-order valence-electron chi connectivity index (χ3n) is 3.60. The molecule has 1 N–H and O–H groups in total. The summed E-state index contributed by atoms with van der Waals surface area (Å²) in [6.45, 7) is 11.1. The first-order chi connectivity index (χ1) is 7.65. The monoisotopic (exact) mass is 241 g/mol. The fourth-order valence-electron chi connectivity index (χ4n) is 3.56. The summed E-state index contributed by atoms with van der Waals surface area (Å²) in [6.07, 6.45) is 3.49. The molecular weight excluding hydrogens is 214 g/mol. The Kier molecular flexibility index (Phi) is 4.23. The summed E-state index contributed by atoms with van der Waals surface area (Å²) in [5.74, 6) is -0.175. The fourth-order valence-corrected chi connectivity index (χ4v) is 3.56. The standard InChI is InChI=1S/C14H27NO2/c1-10(12(16)17-6)15-11-7-13(2,3)9-14(4,5)8-11/h10-11,15H,7-9H2,1-6H3/t10-/m0/s1. The lowest BCUT2D eigenvalue weighted by Crippen LogP contribution is -2.49. The third kappa shape index (κ3) is 4.30. The molecule has 0 heterocycles. The van der Waals surface area contributed by atoms with Gasteiger partial charge in [0.2, 0.25) is 0 Å². The van der Waals surface area contributed by atoms with Crippen LogP contribution in [0.2, 0.25) is 0 Å². The van der Waals surface area contributed by atoms with Gasteiger partial charge in [-0.2, -0.15) is 0 Å². The average Bonchev–Trinajstić information content (AvgIpc) is 2.11. The van der Waals surface area contributed by atoms with E-state index in [4.69, 9.17) is 4.74 Å². The normalized spacial score (nSPS) is 25.3. The van der Waals surface area contributed by atoms with E-state index >= 15 is 0 Å². The topological polar surface area (TPSA) is 38.3 Å². The van der Waals surface area contributed by atoms with Gasteiger partial charge >= 0.3 is 5.97 Å². The minimum Gasteiger partial charge on any atom is -0.468 e. The van der Waals surface area contributed by atoms with E-state index in [-0.39, 0.29) is 12.0 Å². The van der Waals surface area contributed by atoms with Gasteiger partial charge < -0.3 is 10.1 Å². The van der Waals surface area contributed by atoms with Crippen LogP contribution in [0, 0.1) is 10.8 Å². The Bertz CT molecular complexity index is 268. The smallest absolute Gasteiger partial charge is 0.322 e. The summed E-state index contributed by atoms with van der Waals surface area (Å²) in [7, 11) is 1.44. The Morgan fingerprint density at radius 2 is 1.71 bits per heavy atom. The zero-order valence-electron chi connectivity index (χ0n) is 12.1. The van der Waals surface area contributed by atoms with Crippen LogP contribution in [0.25, 0.3) is 0 Å². The molecule has 1 rings (SSSR count). The predicted octanol–water partition coefficient (Wildman–Crippen LogP) is 2.74. The van der Waals surface area contributed by atoms with Crippen molar-refractivity contribution in [2.45, 2.75) is 66.0 Å². The molecule has 0 saturated heterocycles. The van der Waals surface area contributed by atoms with E-state index in [1.807, 2.05) is 6.92 Å². The molecule has 1 aliphatic carbocycles. The molecular formula is C14H27NO2. The van der Waals surface area contributed by atoms with Gasteiger partial charge in [-0.15, -0.1) is 0 Å². The quantitative estimate of drug-likeness (QED) is 0.772. The maximum absolute atomic E-state index is 11.4. The molecule has 1 aliphatic rings. The Morgan fingerprint density at radius 3 is 2.12 bits per heavy atom. The zero-order chi connectivity index (χ0) is 13.3. The number of rotatable bonds is 3. The Balaban J connectivity index is 2.62. The van der Waals surface area contributed by atoms with E-state index < -0.39 is 0 Å². The van der Waals surface area contributed by atoms with Crippen molar-refractivity contribution in [3.8, 4) is 0 Å². The Labute approximate surface area is 105 Å². The molecule has 0 unspecified atom stereocenters. The van der Waals surface area contributed by atoms with Crippen LogP contribution in [-0.4, -0.2) is 25.2 Å². The molecule has 0 aliphatic heterocycles. The van der Waals surface area contributed by atoms with Crippen molar-refractivity contribution in [1.82, 2.24) is 5.32 Å². The van der Waals surface area contributed by atoms with Crippen LogP contribution in [0.5, 0.6) is 0 Å². The molecule has 0 aromatic heterocycles. The second kappa shape index (κ2) is 4.97. The number of esters is 1. The van der Waals surface area contributed by atoms with Crippen LogP contribution in [0.1, 0.15) is 53.9 Å². The van der Waals surface area contributed by atoms with Crippen molar-refractivity contribution in [3.63, 3.8) is 0 Å². The average molecular weight is 241 g/mol. The lowest BCUT2D eigenvalue weighted by atomic mass is 9.63. The number of carbonyl (C=O) groups is 1. The molecule has 3 heteroatoms. The van der Waals surface area contributed by atoms with E-state index in [9.17, 15) is 4.79 Å². The second-order valence-electron chi connectivity index (χ2n) is 7.02. The summed E-state index contributed by atoms with van der Waals surface area (Å²) < 4.78 is 4.76. The van der Waals surface area contributed by atoms with Gasteiger partial charge in [0.25, 0.3) is 0 Å². The van der Waals surface area contributed by atoms with Gasteiger partial charge in [-0.05, 0) is 37.0 Å². The number of nitrogens with one attached hydrogen (secondary N) is 1. The number of hydrogen-bond donors (Lipinski definition) is 1. The van der Waals surface area contributed by atoms with E-state index in [1.54, 1.807) is 0 Å². The maximum atomic E-state index is 11.4. The van der Waals surface area contributed by atoms with Gasteiger partial charge in [0, 0.05) is 6.04 Å². The van der Waals surface area contributed by atoms with E-state index in [1.165, 1.54) is 13.5 Å². The highest BCUT2D eigenvalue weighted by Crippen LogP contribution is 2.45. The van der Waals surface area contributed by atoms with Crippen molar-refractivity contribution in [2.24, 2.45) is 10.8 Å². The summed E-state index contributed by atoms with van der Waals surface area (Å²) in [5.41, 5.74) is 0.685. The fraction of sp³-hybridized carbons (Fsp3) is 0.929. The van der Waals surface area contributed by atoms with Gasteiger partial charge in [0.1, 0.15) is 6.04 Å². The zero-order valence-corrected chi connectivity index (χ0v) is 12.1. The number of carbonyl (C=O) groups excluding carboxylic acids is 1. The Hall–Kier alpha value is -0.570. The number of methoxy groups -OCH3 is 1. The van der Waals surface area contributed by atoms with Crippen molar-refractivity contribution >= 4 is 5.97 Å². The molecule has 0 radical (unpaired) electrons. The summed E-state index contributed by atoms with van der Waals surface area (Å²) >= 11 is 0. The number of ether oxygens (including phenoxy) is 1. The van der Waals surface area contributed by atoms with E-state index in [0.29, 0.717) is 16.9 Å². The maximum Gasteiger partial charge on any atom is 0.322 e. The summed E-state index contributed by atoms with van der Waals surface area (Å²) in [4.78, 5) is 11.4. The van der Waals surface area contributed by atoms with Crippen LogP contribution in [0.15, 0.2) is 0 Å². The molecule has 0 bridgehead atoms. The summed E-state index contributed by atoms with van der Waals surface area (Å²) in [5, 5.41) is 3.41. The molecule has 3 nitrogen and oxygen atoms in total. The molecule has 1 saturated carbocycles. The first kappa shape index (κ1) is 14.5. The first-order valence-electron chi connectivity index (χ1n) is 6.49. The molecule has 17 heavy (non-hydrogen) atoms. The van der Waals surface area contributed by atoms with Gasteiger partial charge in [-0.3, -0.25) is 4.79 Å². The van der Waals surface area contributed by atoms with Crippen LogP contribution in [0.3, 0.4) is 0 Å². The van der Waals surface area contributed by atoms with Crippen molar-refractivity contribution in [1.29, 1.82) is 0 Å². The Morgan fingerprint density at radius 1 is 1.24 bits per heavy atom. The highest BCUT2D eigenvalue weighted by molar-refractivity contribution is 5.75. The first-order valence-corrected chi connectivity index (χ1v) is 6.49. The highest BCUT2D eigenvalue weighted by Gasteiger charge is 2.39. The minimum absolute atomic E-state index is 0.175. The van der Waals surface area contributed by atoms with Gasteiger partial charge in [0.05, 0.1) is 7.11 Å². The highest BCUT2D eigenvalue weighted by atomic mass is 16.5. The molecule has 100 valence electrons. The molecule has 0 aromatic carbocycles. The third-order valence-corrected chi connectivity index (χ3v) is 3.60. The van der Waals surface area contributed by atoms with E-state index in [2.05, 4.69) is 33.0 Å². The van der Waals surface area contributed by atoms with Gasteiger partial charge in [0.15, 0.2) is 0 Å². The molecule has 0 aromatic rings. The SMILES string of the molecule is COC(=O)[C@H](C)NC1CC(C)(C)CC(C)(C)C1. The summed E-state index contributed by atoms with van der Waals surface area (Å²) in [6, 6.07) is 0.192. The van der Waals surface area contributed by atoms with Crippen LogP contribution in [0.4, 0.5) is 0 Å². The second-order valence-corrected chi connectivity index (χ2v) is 7.02. The molecule has 1 atom stereocenters. The molecule has 1 fully saturated rings. The minimum atomic E-state index is -0.213. The molecule has 0 spiro atoms.